The summed E-state index contributed by atoms with van der Waals surface area (Å²) < 4.78 is 0. The van der Waals surface area contributed by atoms with Gasteiger partial charge in [-0.1, -0.05) is 6.07 Å². The van der Waals surface area contributed by atoms with Gasteiger partial charge in [-0.2, -0.15) is 0 Å². The van der Waals surface area contributed by atoms with E-state index >= 15 is 0 Å². The average Bonchev–Trinajstić information content (AvgIpc) is 2.55. The number of thiophene rings is 1. The molecule has 0 radical (unpaired) electrons. The fourth-order valence-corrected chi connectivity index (χ4v) is 1.63. The highest BCUT2D eigenvalue weighted by Crippen LogP contribution is 2.17. The molecule has 0 amide bonds. The molecule has 13 heavy (non-hydrogen) atoms. The maximum absolute atomic E-state index is 10.1. The van der Waals surface area contributed by atoms with Gasteiger partial charge in [0, 0.05) is 17.2 Å². The van der Waals surface area contributed by atoms with Crippen LogP contribution in [0.5, 0.6) is 0 Å². The van der Waals surface area contributed by atoms with Crippen molar-refractivity contribution in [1.82, 2.24) is 5.32 Å². The fourth-order valence-electron chi connectivity index (χ4n) is 0.884. The van der Waals surface area contributed by atoms with Crippen LogP contribution in [0.3, 0.4) is 0 Å². The first-order valence-electron chi connectivity index (χ1n) is 3.89. The van der Waals surface area contributed by atoms with E-state index in [2.05, 4.69) is 5.32 Å². The molecule has 0 aliphatic rings. The Hall–Kier alpha value is -1.29. The molecule has 0 fully saturated rings. The molecule has 0 saturated carbocycles. The zero-order valence-corrected chi connectivity index (χ0v) is 8.04. The minimum absolute atomic E-state index is 0.163. The van der Waals surface area contributed by atoms with Gasteiger partial charge < -0.3 is 10.4 Å². The van der Waals surface area contributed by atoms with Gasteiger partial charge in [-0.3, -0.25) is 0 Å². The number of hydrogen-bond donors (Lipinski definition) is 2. The largest absolute Gasteiger partial charge is 0.478 e. The third-order valence-electron chi connectivity index (χ3n) is 1.54. The maximum Gasteiger partial charge on any atom is 0.329 e. The molecule has 0 aromatic carbocycles. The van der Waals surface area contributed by atoms with Crippen LogP contribution in [0.25, 0.3) is 0 Å². The molecule has 0 aliphatic carbocycles. The van der Waals surface area contributed by atoms with E-state index in [4.69, 9.17) is 5.11 Å². The van der Waals surface area contributed by atoms with E-state index in [0.29, 0.717) is 0 Å². The Morgan fingerprint density at radius 1 is 1.77 bits per heavy atom. The quantitative estimate of drug-likeness (QED) is 0.726. The molecule has 0 bridgehead atoms. The summed E-state index contributed by atoms with van der Waals surface area (Å²) in [4.78, 5) is 11.3. The summed E-state index contributed by atoms with van der Waals surface area (Å²) in [6.45, 7) is 1.98. The second-order valence-electron chi connectivity index (χ2n) is 2.58. The van der Waals surface area contributed by atoms with Crippen LogP contribution >= 0.6 is 11.3 Å². The molecule has 0 aliphatic heterocycles. The lowest BCUT2D eigenvalue weighted by molar-refractivity contribution is -0.131. The Balaban J connectivity index is 2.43. The second kappa shape index (κ2) is 4.67. The molecule has 3 nitrogen and oxygen atoms in total. The van der Waals surface area contributed by atoms with Crippen LogP contribution in [-0.4, -0.2) is 11.1 Å². The summed E-state index contributed by atoms with van der Waals surface area (Å²) in [5.41, 5.74) is 0. The van der Waals surface area contributed by atoms with E-state index in [1.807, 2.05) is 24.4 Å². The number of hydrogen-bond acceptors (Lipinski definition) is 3. The Morgan fingerprint density at radius 3 is 3.08 bits per heavy atom. The van der Waals surface area contributed by atoms with E-state index < -0.39 is 5.97 Å². The van der Waals surface area contributed by atoms with Crippen LogP contribution < -0.4 is 5.32 Å². The minimum atomic E-state index is -0.939. The number of rotatable bonds is 4. The van der Waals surface area contributed by atoms with Gasteiger partial charge >= 0.3 is 5.97 Å². The summed E-state index contributed by atoms with van der Waals surface area (Å²) in [6.07, 6.45) is 2.54. The van der Waals surface area contributed by atoms with Crippen LogP contribution in [-0.2, 0) is 4.79 Å². The van der Waals surface area contributed by atoms with Gasteiger partial charge in [0.25, 0.3) is 0 Å². The lowest BCUT2D eigenvalue weighted by atomic mass is 10.3. The molecule has 1 heterocycles. The van der Waals surface area contributed by atoms with Crippen molar-refractivity contribution in [3.05, 3.63) is 34.7 Å². The van der Waals surface area contributed by atoms with E-state index in [1.165, 1.54) is 11.1 Å². The van der Waals surface area contributed by atoms with Crippen LogP contribution in [0.4, 0.5) is 0 Å². The van der Waals surface area contributed by atoms with Crippen LogP contribution in [0.15, 0.2) is 29.8 Å². The van der Waals surface area contributed by atoms with E-state index in [1.54, 1.807) is 11.3 Å². The third-order valence-corrected chi connectivity index (χ3v) is 2.60. The highest BCUT2D eigenvalue weighted by Gasteiger charge is 2.02. The summed E-state index contributed by atoms with van der Waals surface area (Å²) in [5.74, 6) is -0.939. The summed E-state index contributed by atoms with van der Waals surface area (Å²) in [6, 6.07) is 4.14. The molecular formula is C9H11NO2S. The van der Waals surface area contributed by atoms with Crippen molar-refractivity contribution in [3.8, 4) is 0 Å². The van der Waals surface area contributed by atoms with Crippen LogP contribution in [0.1, 0.15) is 17.8 Å². The van der Waals surface area contributed by atoms with Crippen molar-refractivity contribution in [1.29, 1.82) is 0 Å². The Bertz CT molecular complexity index is 293. The first-order valence-corrected chi connectivity index (χ1v) is 4.77. The summed E-state index contributed by atoms with van der Waals surface area (Å²) in [7, 11) is 0. The lowest BCUT2D eigenvalue weighted by Crippen LogP contribution is -2.10. The number of carboxylic acid groups (broad SMARTS) is 1. The van der Waals surface area contributed by atoms with Crippen molar-refractivity contribution in [2.75, 3.05) is 0 Å². The van der Waals surface area contributed by atoms with Gasteiger partial charge in [0.2, 0.25) is 0 Å². The van der Waals surface area contributed by atoms with Crippen molar-refractivity contribution in [2.24, 2.45) is 0 Å². The molecule has 0 spiro atoms. The molecule has 2 N–H and O–H groups in total. The van der Waals surface area contributed by atoms with Crippen LogP contribution in [0.2, 0.25) is 0 Å². The van der Waals surface area contributed by atoms with Gasteiger partial charge in [-0.25, -0.2) is 4.79 Å². The smallest absolute Gasteiger partial charge is 0.329 e. The van der Waals surface area contributed by atoms with Crippen molar-refractivity contribution < 1.29 is 9.90 Å². The molecule has 0 unspecified atom stereocenters. The highest BCUT2D eigenvalue weighted by molar-refractivity contribution is 7.10. The highest BCUT2D eigenvalue weighted by atomic mass is 32.1. The second-order valence-corrected chi connectivity index (χ2v) is 3.55. The normalized spacial score (nSPS) is 13.0. The molecular weight excluding hydrogens is 186 g/mol. The molecule has 1 aromatic rings. The number of carbonyl (C=O) groups is 1. The molecule has 0 saturated heterocycles. The fraction of sp³-hybridized carbons (Fsp3) is 0.222. The summed E-state index contributed by atoms with van der Waals surface area (Å²) in [5, 5.41) is 13.3. The Morgan fingerprint density at radius 2 is 2.54 bits per heavy atom. The predicted molar refractivity (Wildman–Crippen MR) is 52.6 cm³/mol. The van der Waals surface area contributed by atoms with Gasteiger partial charge in [0.15, 0.2) is 0 Å². The number of aliphatic carboxylic acids is 1. The zero-order valence-electron chi connectivity index (χ0n) is 7.23. The molecule has 4 heteroatoms. The topological polar surface area (TPSA) is 49.3 Å². The molecule has 1 aromatic heterocycles. The minimum Gasteiger partial charge on any atom is -0.478 e. The SMILES string of the molecule is C[C@@H](N/C=C/C(=O)O)c1cccs1. The standard InChI is InChI=1S/C9H11NO2S/c1-7(8-3-2-6-13-8)10-5-4-9(11)12/h2-7,10H,1H3,(H,11,12)/b5-4+/t7-/m1/s1. The van der Waals surface area contributed by atoms with E-state index in [-0.39, 0.29) is 6.04 Å². The van der Waals surface area contributed by atoms with Gasteiger partial charge in [0.1, 0.15) is 0 Å². The van der Waals surface area contributed by atoms with Crippen molar-refractivity contribution in [3.63, 3.8) is 0 Å². The number of carboxylic acids is 1. The van der Waals surface area contributed by atoms with E-state index in [9.17, 15) is 4.79 Å². The average molecular weight is 197 g/mol. The first-order chi connectivity index (χ1) is 6.20. The Kier molecular flexibility index (Phi) is 3.52. The predicted octanol–water partition coefficient (Wildman–Crippen LogP) is 2.00. The Labute approximate surface area is 80.7 Å². The number of nitrogens with one attached hydrogen (secondary N) is 1. The van der Waals surface area contributed by atoms with Gasteiger partial charge in [-0.15, -0.1) is 11.3 Å². The van der Waals surface area contributed by atoms with Crippen LogP contribution in [0, 0.1) is 0 Å². The first kappa shape index (κ1) is 9.80. The van der Waals surface area contributed by atoms with Crippen molar-refractivity contribution >= 4 is 17.3 Å². The molecule has 1 rings (SSSR count). The van der Waals surface area contributed by atoms with Gasteiger partial charge in [0.05, 0.1) is 6.04 Å². The van der Waals surface area contributed by atoms with Gasteiger partial charge in [-0.05, 0) is 18.4 Å². The maximum atomic E-state index is 10.1. The lowest BCUT2D eigenvalue weighted by Gasteiger charge is -2.08. The van der Waals surface area contributed by atoms with E-state index in [0.717, 1.165) is 6.08 Å². The van der Waals surface area contributed by atoms with Crippen molar-refractivity contribution in [2.45, 2.75) is 13.0 Å². The third kappa shape index (κ3) is 3.29. The zero-order chi connectivity index (χ0) is 9.68. The molecule has 1 atom stereocenters. The summed E-state index contributed by atoms with van der Waals surface area (Å²) >= 11 is 1.65. The monoisotopic (exact) mass is 197 g/mol. The molecule has 70 valence electrons.